The van der Waals surface area contributed by atoms with Crippen molar-refractivity contribution in [1.82, 2.24) is 25.4 Å². The van der Waals surface area contributed by atoms with Gasteiger partial charge in [-0.1, -0.05) is 43.3 Å². The van der Waals surface area contributed by atoms with E-state index in [1.54, 1.807) is 19.3 Å². The van der Waals surface area contributed by atoms with E-state index in [1.807, 2.05) is 36.4 Å². The molecule has 2 N–H and O–H groups in total. The first-order chi connectivity index (χ1) is 17.8. The zero-order valence-corrected chi connectivity index (χ0v) is 20.7. The molecule has 0 spiro atoms. The molecule has 2 aromatic heterocycles. The van der Waals surface area contributed by atoms with Crippen LogP contribution in [0.2, 0.25) is 0 Å². The number of amides is 1. The fourth-order valence-electron chi connectivity index (χ4n) is 4.21. The molecule has 0 saturated heterocycles. The molecule has 1 fully saturated rings. The summed E-state index contributed by atoms with van der Waals surface area (Å²) in [6.45, 7) is 6.04. The molecule has 1 saturated carbocycles. The van der Waals surface area contributed by atoms with Gasteiger partial charge in [-0.2, -0.15) is 4.98 Å². The van der Waals surface area contributed by atoms with E-state index in [0.29, 0.717) is 41.9 Å². The molecule has 1 aliphatic rings. The van der Waals surface area contributed by atoms with E-state index >= 15 is 0 Å². The molecule has 0 atom stereocenters. The van der Waals surface area contributed by atoms with Gasteiger partial charge in [-0.05, 0) is 35.4 Å². The van der Waals surface area contributed by atoms with E-state index < -0.39 is 6.09 Å². The van der Waals surface area contributed by atoms with Crippen molar-refractivity contribution in [2.75, 3.05) is 0 Å². The normalized spacial score (nSPS) is 17.1. The first kappa shape index (κ1) is 24.2. The Morgan fingerprint density at radius 2 is 1.54 bits per heavy atom. The molecule has 2 heterocycles. The number of nitrogens with one attached hydrogen (secondary N) is 1. The molecule has 1 aliphatic carbocycles. The number of ether oxygens (including phenoxy) is 2. The van der Waals surface area contributed by atoms with Crippen molar-refractivity contribution in [3.63, 3.8) is 0 Å². The first-order valence-corrected chi connectivity index (χ1v) is 11.9. The Morgan fingerprint density at radius 1 is 0.946 bits per heavy atom. The highest BCUT2D eigenvalue weighted by atomic mass is 16.5. The molecule has 4 aromatic rings. The van der Waals surface area contributed by atoms with Gasteiger partial charge in [0.15, 0.2) is 5.75 Å². The van der Waals surface area contributed by atoms with Gasteiger partial charge in [-0.25, -0.2) is 14.8 Å². The summed E-state index contributed by atoms with van der Waals surface area (Å²) >= 11 is 0. The molecule has 37 heavy (non-hydrogen) atoms. The third-order valence-electron chi connectivity index (χ3n) is 6.47. The zero-order valence-electron chi connectivity index (χ0n) is 20.7. The monoisotopic (exact) mass is 501 g/mol. The molecule has 5 rings (SSSR count). The highest BCUT2D eigenvalue weighted by Crippen LogP contribution is 2.35. The molecule has 10 heteroatoms. The summed E-state index contributed by atoms with van der Waals surface area (Å²) in [7, 11) is 0. The van der Waals surface area contributed by atoms with E-state index in [1.165, 1.54) is 0 Å². The topological polar surface area (TPSA) is 132 Å². The van der Waals surface area contributed by atoms with Crippen LogP contribution in [-0.2, 0) is 5.41 Å². The summed E-state index contributed by atoms with van der Waals surface area (Å²) in [4.78, 5) is 23.3. The van der Waals surface area contributed by atoms with E-state index in [0.717, 1.165) is 16.9 Å². The molecule has 0 bridgehead atoms. The third-order valence-corrected chi connectivity index (χ3v) is 6.47. The minimum Gasteiger partial charge on any atom is -0.490 e. The lowest BCUT2D eigenvalue weighted by atomic mass is 9.78. The molecule has 10 nitrogen and oxygen atoms in total. The molecule has 0 unspecified atom stereocenters. The van der Waals surface area contributed by atoms with Crippen molar-refractivity contribution in [2.24, 2.45) is 0 Å². The van der Waals surface area contributed by atoms with Gasteiger partial charge < -0.3 is 24.4 Å². The lowest BCUT2D eigenvalue weighted by Crippen LogP contribution is -2.48. The predicted octanol–water partition coefficient (Wildman–Crippen LogP) is 5.13. The van der Waals surface area contributed by atoms with Crippen molar-refractivity contribution in [1.29, 1.82) is 0 Å². The Labute approximate surface area is 213 Å². The second-order valence-corrected chi connectivity index (χ2v) is 9.51. The van der Waals surface area contributed by atoms with Crippen LogP contribution in [0.4, 0.5) is 4.79 Å². The number of carbonyl (C=O) groups is 1. The first-order valence-electron chi connectivity index (χ1n) is 11.9. The zero-order chi connectivity index (χ0) is 26.0. The van der Waals surface area contributed by atoms with E-state index in [4.69, 9.17) is 19.1 Å². The molecule has 1 amide bonds. The Morgan fingerprint density at radius 3 is 2.08 bits per heavy atom. The van der Waals surface area contributed by atoms with E-state index in [-0.39, 0.29) is 17.6 Å². The highest BCUT2D eigenvalue weighted by Gasteiger charge is 2.32. The van der Waals surface area contributed by atoms with Gasteiger partial charge in [0.25, 0.3) is 0 Å². The largest absolute Gasteiger partial charge is 0.490 e. The summed E-state index contributed by atoms with van der Waals surface area (Å²) < 4.78 is 16.8. The second kappa shape index (κ2) is 9.88. The standard InChI is InChI=1S/C27H27N5O5/c1-16-30-25(32-37-16)24-28-14-23(15-29-24)36-21-10-6-18(7-11-21)27(2,3)17-4-8-20(9-5-17)35-22-12-19(13-22)31-26(33)34/h4-11,14-15,19,22,31H,12-13H2,1-3H3,(H,33,34)/t19-,22+. The molecule has 0 aliphatic heterocycles. The Bertz CT molecular complexity index is 1360. The lowest BCUT2D eigenvalue weighted by Gasteiger charge is -2.35. The second-order valence-electron chi connectivity index (χ2n) is 9.51. The van der Waals surface area contributed by atoms with Crippen LogP contribution in [0.25, 0.3) is 11.6 Å². The maximum atomic E-state index is 10.7. The fraction of sp³-hybridized carbons (Fsp3) is 0.296. The van der Waals surface area contributed by atoms with Crippen molar-refractivity contribution in [3.8, 4) is 28.9 Å². The molecular weight excluding hydrogens is 474 g/mol. The van der Waals surface area contributed by atoms with Gasteiger partial charge in [0.05, 0.1) is 12.4 Å². The van der Waals surface area contributed by atoms with Crippen LogP contribution in [0.5, 0.6) is 17.2 Å². The average molecular weight is 502 g/mol. The number of hydrogen-bond donors (Lipinski definition) is 2. The van der Waals surface area contributed by atoms with Gasteiger partial charge in [0, 0.05) is 31.2 Å². The average Bonchev–Trinajstić information content (AvgIpc) is 3.30. The third kappa shape index (κ3) is 5.53. The summed E-state index contributed by atoms with van der Waals surface area (Å²) in [6, 6.07) is 16.0. The van der Waals surface area contributed by atoms with Gasteiger partial charge in [-0.15, -0.1) is 0 Å². The summed E-state index contributed by atoms with van der Waals surface area (Å²) in [5.41, 5.74) is 2.04. The number of nitrogens with zero attached hydrogens (tertiary/aromatic N) is 4. The van der Waals surface area contributed by atoms with E-state index in [2.05, 4.69) is 51.4 Å². The predicted molar refractivity (Wildman–Crippen MR) is 134 cm³/mol. The highest BCUT2D eigenvalue weighted by molar-refractivity contribution is 5.65. The number of aromatic nitrogens is 4. The van der Waals surface area contributed by atoms with Crippen LogP contribution in [0.15, 0.2) is 65.4 Å². The van der Waals surface area contributed by atoms with Crippen LogP contribution >= 0.6 is 0 Å². The van der Waals surface area contributed by atoms with Crippen LogP contribution in [0.3, 0.4) is 0 Å². The van der Waals surface area contributed by atoms with E-state index in [9.17, 15) is 4.79 Å². The molecule has 2 aromatic carbocycles. The smallest absolute Gasteiger partial charge is 0.404 e. The van der Waals surface area contributed by atoms with Crippen LogP contribution in [-0.4, -0.2) is 43.5 Å². The minimum absolute atomic E-state index is 0.0272. The minimum atomic E-state index is -0.991. The Kier molecular flexibility index (Phi) is 6.47. The van der Waals surface area contributed by atoms with Crippen LogP contribution in [0.1, 0.15) is 43.7 Å². The Balaban J connectivity index is 1.19. The van der Waals surface area contributed by atoms with Crippen molar-refractivity contribution >= 4 is 6.09 Å². The number of carboxylic acid groups (broad SMARTS) is 1. The van der Waals surface area contributed by atoms with Gasteiger partial charge in [0.2, 0.25) is 17.5 Å². The number of aryl methyl sites for hydroxylation is 1. The van der Waals surface area contributed by atoms with Gasteiger partial charge >= 0.3 is 6.09 Å². The summed E-state index contributed by atoms with van der Waals surface area (Å²) in [5, 5.41) is 15.1. The number of rotatable bonds is 8. The van der Waals surface area contributed by atoms with Gasteiger partial charge in [-0.3, -0.25) is 0 Å². The quantitative estimate of drug-likeness (QED) is 0.337. The van der Waals surface area contributed by atoms with Crippen molar-refractivity contribution in [3.05, 3.63) is 77.9 Å². The number of hydrogen-bond acceptors (Lipinski definition) is 8. The lowest BCUT2D eigenvalue weighted by molar-refractivity contribution is 0.0833. The molecule has 190 valence electrons. The van der Waals surface area contributed by atoms with Crippen LogP contribution in [0, 0.1) is 6.92 Å². The van der Waals surface area contributed by atoms with Gasteiger partial charge in [0.1, 0.15) is 17.6 Å². The summed E-state index contributed by atoms with van der Waals surface area (Å²) in [5.74, 6) is 3.11. The van der Waals surface area contributed by atoms with Crippen LogP contribution < -0.4 is 14.8 Å². The number of benzene rings is 2. The maximum Gasteiger partial charge on any atom is 0.404 e. The maximum absolute atomic E-state index is 10.7. The van der Waals surface area contributed by atoms with Crippen molar-refractivity contribution in [2.45, 2.75) is 51.2 Å². The van der Waals surface area contributed by atoms with Crippen molar-refractivity contribution < 1.29 is 23.9 Å². The summed E-state index contributed by atoms with van der Waals surface area (Å²) in [6.07, 6.45) is 3.55. The molecule has 0 radical (unpaired) electrons. The molecular formula is C27H27N5O5. The Hall–Kier alpha value is -4.47. The SMILES string of the molecule is Cc1nc(-c2ncc(Oc3ccc(C(C)(C)c4ccc(O[C@H]5C[C@@H](NC(=O)O)C5)cc4)cc3)cn2)no1. The fourth-order valence-corrected chi connectivity index (χ4v) is 4.21.